The van der Waals surface area contributed by atoms with Crippen LogP contribution in [0.3, 0.4) is 0 Å². The maximum absolute atomic E-state index is 13.8. The Kier molecular flexibility index (Phi) is 7.57. The van der Waals surface area contributed by atoms with Crippen molar-refractivity contribution >= 4 is 54.2 Å². The lowest BCUT2D eigenvalue weighted by Crippen LogP contribution is -2.32. The van der Waals surface area contributed by atoms with Crippen LogP contribution in [-0.4, -0.2) is 41.7 Å². The minimum absolute atomic E-state index is 0.199. The van der Waals surface area contributed by atoms with E-state index in [-0.39, 0.29) is 17.3 Å². The van der Waals surface area contributed by atoms with Gasteiger partial charge in [-0.2, -0.15) is 4.31 Å². The molecule has 0 saturated carbocycles. The van der Waals surface area contributed by atoms with Gasteiger partial charge in [0.1, 0.15) is 0 Å². The summed E-state index contributed by atoms with van der Waals surface area (Å²) in [6.45, 7) is 3.22. The molecule has 4 aromatic rings. The van der Waals surface area contributed by atoms with E-state index in [4.69, 9.17) is 16.6 Å². The molecule has 0 bridgehead atoms. The number of halogens is 1. The van der Waals surface area contributed by atoms with Gasteiger partial charge in [-0.15, -0.1) is 0 Å². The van der Waals surface area contributed by atoms with Crippen molar-refractivity contribution in [2.24, 2.45) is 0 Å². The average molecular weight is 555 g/mol. The summed E-state index contributed by atoms with van der Waals surface area (Å²) in [7, 11) is -3.60. The Balaban J connectivity index is 1.48. The molecule has 0 spiro atoms. The van der Waals surface area contributed by atoms with Crippen LogP contribution in [0.2, 0.25) is 5.02 Å². The topological polar surface area (TPSA) is 83.5 Å². The molecule has 1 amide bonds. The Morgan fingerprint density at radius 2 is 1.76 bits per heavy atom. The van der Waals surface area contributed by atoms with Crippen LogP contribution < -0.4 is 4.90 Å². The van der Waals surface area contributed by atoms with Gasteiger partial charge in [-0.3, -0.25) is 14.7 Å². The molecular formula is C27H27ClN4O3S2. The second kappa shape index (κ2) is 10.9. The normalized spacial score (nSPS) is 15.0. The number of sulfonamides is 1. The molecule has 1 fully saturated rings. The Labute approximate surface area is 225 Å². The van der Waals surface area contributed by atoms with E-state index in [1.165, 1.54) is 23.5 Å². The Morgan fingerprint density at radius 3 is 2.41 bits per heavy atom. The Morgan fingerprint density at radius 1 is 1.03 bits per heavy atom. The van der Waals surface area contributed by atoms with Crippen molar-refractivity contribution in [2.45, 2.75) is 44.0 Å². The number of aromatic nitrogens is 2. The minimum atomic E-state index is -3.60. The van der Waals surface area contributed by atoms with Gasteiger partial charge in [0.15, 0.2) is 5.13 Å². The van der Waals surface area contributed by atoms with E-state index in [0.29, 0.717) is 34.5 Å². The zero-order valence-corrected chi connectivity index (χ0v) is 22.8. The predicted molar refractivity (Wildman–Crippen MR) is 148 cm³/mol. The van der Waals surface area contributed by atoms with Crippen LogP contribution in [0.5, 0.6) is 0 Å². The van der Waals surface area contributed by atoms with Gasteiger partial charge in [-0.05, 0) is 67.8 Å². The zero-order chi connectivity index (χ0) is 26.0. The van der Waals surface area contributed by atoms with Crippen molar-refractivity contribution in [1.29, 1.82) is 0 Å². The summed E-state index contributed by atoms with van der Waals surface area (Å²) in [5.74, 6) is -0.294. The molecule has 0 aliphatic carbocycles. The summed E-state index contributed by atoms with van der Waals surface area (Å²) < 4.78 is 28.7. The fourth-order valence-electron chi connectivity index (χ4n) is 4.44. The van der Waals surface area contributed by atoms with Crippen molar-refractivity contribution < 1.29 is 13.2 Å². The third-order valence-electron chi connectivity index (χ3n) is 6.51. The molecule has 192 valence electrons. The molecule has 3 heterocycles. The van der Waals surface area contributed by atoms with Gasteiger partial charge in [0.05, 0.1) is 32.4 Å². The number of carbonyl (C=O) groups is 1. The second-order valence-corrected chi connectivity index (χ2v) is 12.4. The molecule has 1 saturated heterocycles. The molecule has 0 radical (unpaired) electrons. The van der Waals surface area contributed by atoms with Crippen molar-refractivity contribution in [3.8, 4) is 0 Å². The van der Waals surface area contributed by atoms with Gasteiger partial charge in [0, 0.05) is 24.8 Å². The van der Waals surface area contributed by atoms with Crippen LogP contribution in [0.4, 0.5) is 5.13 Å². The van der Waals surface area contributed by atoms with Crippen LogP contribution in [0, 0.1) is 6.92 Å². The molecule has 0 atom stereocenters. The molecule has 1 aliphatic rings. The quantitative estimate of drug-likeness (QED) is 0.289. The number of hydrogen-bond acceptors (Lipinski definition) is 6. The number of hydrogen-bond donors (Lipinski definition) is 0. The highest BCUT2D eigenvalue weighted by atomic mass is 35.5. The molecule has 37 heavy (non-hydrogen) atoms. The van der Waals surface area contributed by atoms with E-state index >= 15 is 0 Å². The molecule has 10 heteroatoms. The number of pyridine rings is 1. The lowest BCUT2D eigenvalue weighted by molar-refractivity contribution is 0.0984. The van der Waals surface area contributed by atoms with Gasteiger partial charge in [0.25, 0.3) is 5.91 Å². The molecule has 5 rings (SSSR count). The Hall–Kier alpha value is -2.85. The molecule has 7 nitrogen and oxygen atoms in total. The number of thiazole rings is 1. The standard InChI is InChI=1S/C27H27ClN4O3S2/c1-19-9-14-23(28)25-24(19)30-27(36-25)32(18-21-8-4-5-15-29-21)26(33)20-10-12-22(13-11-20)37(34,35)31-16-6-2-3-7-17-31/h4-5,8-15H,2-3,6-7,16-18H2,1H3. The van der Waals surface area contributed by atoms with Gasteiger partial charge in [-0.1, -0.05) is 47.9 Å². The first-order valence-corrected chi connectivity index (χ1v) is 14.9. The molecular weight excluding hydrogens is 528 g/mol. The number of fused-ring (bicyclic) bond motifs is 1. The molecule has 1 aliphatic heterocycles. The van der Waals surface area contributed by atoms with Gasteiger partial charge in [-0.25, -0.2) is 13.4 Å². The van der Waals surface area contributed by atoms with Crippen LogP contribution in [0.1, 0.15) is 47.3 Å². The minimum Gasteiger partial charge on any atom is -0.278 e. The Bertz CT molecular complexity index is 1480. The van der Waals surface area contributed by atoms with E-state index < -0.39 is 10.0 Å². The molecule has 2 aromatic heterocycles. The fourth-order valence-corrected chi connectivity index (χ4v) is 7.27. The highest BCUT2D eigenvalue weighted by Gasteiger charge is 2.27. The summed E-state index contributed by atoms with van der Waals surface area (Å²) in [5, 5.41) is 1.08. The van der Waals surface area contributed by atoms with Crippen molar-refractivity contribution in [2.75, 3.05) is 18.0 Å². The van der Waals surface area contributed by atoms with E-state index in [0.717, 1.165) is 41.5 Å². The first-order chi connectivity index (χ1) is 17.8. The highest BCUT2D eigenvalue weighted by molar-refractivity contribution is 7.89. The summed E-state index contributed by atoms with van der Waals surface area (Å²) in [6.07, 6.45) is 5.50. The number of rotatable bonds is 6. The lowest BCUT2D eigenvalue weighted by atomic mass is 10.2. The highest BCUT2D eigenvalue weighted by Crippen LogP contribution is 2.36. The largest absolute Gasteiger partial charge is 0.278 e. The smallest absolute Gasteiger partial charge is 0.260 e. The van der Waals surface area contributed by atoms with E-state index in [9.17, 15) is 13.2 Å². The molecule has 2 aromatic carbocycles. The lowest BCUT2D eigenvalue weighted by Gasteiger charge is -2.21. The van der Waals surface area contributed by atoms with Crippen molar-refractivity contribution in [1.82, 2.24) is 14.3 Å². The van der Waals surface area contributed by atoms with E-state index in [1.807, 2.05) is 37.3 Å². The van der Waals surface area contributed by atoms with E-state index in [1.54, 1.807) is 27.5 Å². The maximum atomic E-state index is 13.8. The first kappa shape index (κ1) is 25.8. The SMILES string of the molecule is Cc1ccc(Cl)c2sc(N(Cc3ccccn3)C(=O)c3ccc(S(=O)(=O)N4CCCCCC4)cc3)nc12. The average Bonchev–Trinajstić information content (AvgIpc) is 3.18. The predicted octanol–water partition coefficient (Wildman–Crippen LogP) is 6.06. The summed E-state index contributed by atoms with van der Waals surface area (Å²) in [6, 6.07) is 15.5. The number of nitrogens with zero attached hydrogens (tertiary/aromatic N) is 4. The van der Waals surface area contributed by atoms with Crippen LogP contribution in [0.25, 0.3) is 10.2 Å². The first-order valence-electron chi connectivity index (χ1n) is 12.2. The van der Waals surface area contributed by atoms with Crippen LogP contribution in [-0.2, 0) is 16.6 Å². The number of amides is 1. The van der Waals surface area contributed by atoms with Crippen molar-refractivity contribution in [3.63, 3.8) is 0 Å². The maximum Gasteiger partial charge on any atom is 0.260 e. The third kappa shape index (κ3) is 5.40. The second-order valence-electron chi connectivity index (χ2n) is 9.09. The third-order valence-corrected chi connectivity index (χ3v) is 9.96. The van der Waals surface area contributed by atoms with Gasteiger partial charge >= 0.3 is 0 Å². The zero-order valence-electron chi connectivity index (χ0n) is 20.4. The van der Waals surface area contributed by atoms with E-state index in [2.05, 4.69) is 4.98 Å². The number of anilines is 1. The number of carbonyl (C=O) groups excluding carboxylic acids is 1. The number of benzene rings is 2. The van der Waals surface area contributed by atoms with Crippen molar-refractivity contribution in [3.05, 3.63) is 82.6 Å². The van der Waals surface area contributed by atoms with Crippen LogP contribution in [0.15, 0.2) is 65.7 Å². The number of aryl methyl sites for hydroxylation is 1. The molecule has 0 N–H and O–H groups in total. The summed E-state index contributed by atoms with van der Waals surface area (Å²) >= 11 is 7.78. The summed E-state index contributed by atoms with van der Waals surface area (Å²) in [5.41, 5.74) is 2.80. The molecule has 0 unspecified atom stereocenters. The fraction of sp³-hybridized carbons (Fsp3) is 0.296. The van der Waals surface area contributed by atoms with Gasteiger partial charge in [0.2, 0.25) is 10.0 Å². The van der Waals surface area contributed by atoms with Crippen LogP contribution >= 0.6 is 22.9 Å². The monoisotopic (exact) mass is 554 g/mol. The van der Waals surface area contributed by atoms with Gasteiger partial charge < -0.3 is 0 Å². The summed E-state index contributed by atoms with van der Waals surface area (Å²) in [4.78, 5) is 24.7.